The van der Waals surface area contributed by atoms with Crippen LogP contribution in [-0.2, 0) is 0 Å². The molecular weight excluding hydrogens is 873 g/mol. The molecule has 3 heterocycles. The summed E-state index contributed by atoms with van der Waals surface area (Å²) >= 11 is 0. The van der Waals surface area contributed by atoms with Gasteiger partial charge in [0.1, 0.15) is 0 Å². The van der Waals surface area contributed by atoms with Crippen molar-refractivity contribution in [2.75, 3.05) is 4.90 Å². The standard InChI is InChI=1S/C68H44N4/c1-3-15-53(16-4-1)71(56-34-38-66-61(43-56)57-19-9-10-22-65(57)72(66)54-17-5-2-6-18-54)55-33-35-60-62(44-55)68(48-29-25-46(26-30-48)50-32-37-64-52(42-50)14-12-40-70-64)59-21-8-7-20-58(59)67(60)47-27-23-45(24-28-47)49-31-36-63-51(41-49)13-11-39-69-63/h1-44H. The predicted octanol–water partition coefficient (Wildman–Crippen LogP) is 18.3. The average molecular weight is 917 g/mol. The number of rotatable bonds is 8. The number of nitrogens with zero attached hydrogens (tertiary/aromatic N) is 4. The van der Waals surface area contributed by atoms with Gasteiger partial charge in [-0.05, 0) is 163 Å². The lowest BCUT2D eigenvalue weighted by atomic mass is 9.85. The number of benzene rings is 11. The SMILES string of the molecule is c1ccc(N(c2ccc3c(-c4ccc(-c5ccc6ncccc6c5)cc4)c4ccccc4c(-c4ccc(-c5ccc6ncccc6c5)cc4)c3c2)c2ccc3c(c2)c2ccccc2n3-c2ccccc2)cc1. The van der Waals surface area contributed by atoms with E-state index >= 15 is 0 Å². The molecule has 0 bridgehead atoms. The molecule has 14 aromatic rings. The van der Waals surface area contributed by atoms with E-state index in [9.17, 15) is 0 Å². The third kappa shape index (κ3) is 7.00. The van der Waals surface area contributed by atoms with Crippen LogP contribution in [0.4, 0.5) is 17.1 Å². The van der Waals surface area contributed by atoms with Crippen LogP contribution in [0.3, 0.4) is 0 Å². The van der Waals surface area contributed by atoms with E-state index in [4.69, 9.17) is 0 Å². The molecule has 0 spiro atoms. The smallest absolute Gasteiger partial charge is 0.0702 e. The van der Waals surface area contributed by atoms with Gasteiger partial charge in [-0.3, -0.25) is 9.97 Å². The Labute approximate surface area is 417 Å². The topological polar surface area (TPSA) is 34.0 Å². The molecule has 0 radical (unpaired) electrons. The Balaban J connectivity index is 0.980. The second kappa shape index (κ2) is 17.1. The molecule has 4 heteroatoms. The molecule has 0 atom stereocenters. The minimum Gasteiger partial charge on any atom is -0.310 e. The van der Waals surface area contributed by atoms with Gasteiger partial charge >= 0.3 is 0 Å². The number of pyridine rings is 2. The van der Waals surface area contributed by atoms with Gasteiger partial charge in [-0.25, -0.2) is 0 Å². The third-order valence-electron chi connectivity index (χ3n) is 14.4. The molecule has 0 saturated carbocycles. The van der Waals surface area contributed by atoms with Crippen LogP contribution in [-0.4, -0.2) is 14.5 Å². The predicted molar refractivity (Wildman–Crippen MR) is 303 cm³/mol. The van der Waals surface area contributed by atoms with E-state index in [-0.39, 0.29) is 0 Å². The van der Waals surface area contributed by atoms with Crippen LogP contribution < -0.4 is 4.90 Å². The van der Waals surface area contributed by atoms with Crippen molar-refractivity contribution in [2.45, 2.75) is 0 Å². The Hall–Kier alpha value is -9.64. The maximum Gasteiger partial charge on any atom is 0.0702 e. The van der Waals surface area contributed by atoms with E-state index in [1.807, 2.05) is 24.5 Å². The zero-order valence-corrected chi connectivity index (χ0v) is 39.2. The number of hydrogen-bond acceptors (Lipinski definition) is 3. The highest BCUT2D eigenvalue weighted by atomic mass is 15.1. The zero-order chi connectivity index (χ0) is 47.5. The van der Waals surface area contributed by atoms with Crippen LogP contribution in [0.25, 0.3) is 115 Å². The maximum atomic E-state index is 4.57. The van der Waals surface area contributed by atoms with E-state index in [1.54, 1.807) is 0 Å². The largest absolute Gasteiger partial charge is 0.310 e. The van der Waals surface area contributed by atoms with Crippen LogP contribution in [0, 0.1) is 0 Å². The molecule has 14 rings (SSSR count). The summed E-state index contributed by atoms with van der Waals surface area (Å²) in [6, 6.07) is 92.7. The fraction of sp³-hybridized carbons (Fsp3) is 0. The van der Waals surface area contributed by atoms with Crippen molar-refractivity contribution in [1.82, 2.24) is 14.5 Å². The van der Waals surface area contributed by atoms with Gasteiger partial charge in [-0.2, -0.15) is 0 Å². The molecule has 0 aliphatic carbocycles. The van der Waals surface area contributed by atoms with Crippen molar-refractivity contribution >= 4 is 82.2 Å². The van der Waals surface area contributed by atoms with E-state index in [1.165, 1.54) is 76.7 Å². The zero-order valence-electron chi connectivity index (χ0n) is 39.2. The summed E-state index contributed by atoms with van der Waals surface area (Å²) in [5, 5.41) is 9.47. The molecule has 0 fully saturated rings. The quantitative estimate of drug-likeness (QED) is 0.142. The lowest BCUT2D eigenvalue weighted by molar-refractivity contribution is 1.18. The first-order valence-electron chi connectivity index (χ1n) is 24.5. The van der Waals surface area contributed by atoms with Crippen LogP contribution in [0.5, 0.6) is 0 Å². The lowest BCUT2D eigenvalue weighted by Gasteiger charge is -2.27. The van der Waals surface area contributed by atoms with Crippen LogP contribution in [0.2, 0.25) is 0 Å². The normalized spacial score (nSPS) is 11.6. The minimum atomic E-state index is 0.996. The van der Waals surface area contributed by atoms with Crippen molar-refractivity contribution in [3.05, 3.63) is 267 Å². The highest BCUT2D eigenvalue weighted by Crippen LogP contribution is 2.48. The van der Waals surface area contributed by atoms with E-state index in [0.29, 0.717) is 0 Å². The van der Waals surface area contributed by atoms with Crippen molar-refractivity contribution in [2.24, 2.45) is 0 Å². The Morgan fingerprint density at radius 1 is 0.278 bits per heavy atom. The summed E-state index contributed by atoms with van der Waals surface area (Å²) in [4.78, 5) is 11.6. The molecule has 3 aromatic heterocycles. The number of anilines is 3. The molecule has 11 aromatic carbocycles. The number of para-hydroxylation sites is 3. The number of aromatic nitrogens is 3. The van der Waals surface area contributed by atoms with Crippen LogP contribution in [0.15, 0.2) is 267 Å². The molecule has 0 aliphatic rings. The van der Waals surface area contributed by atoms with Gasteiger partial charge < -0.3 is 9.47 Å². The van der Waals surface area contributed by atoms with Crippen molar-refractivity contribution in [3.63, 3.8) is 0 Å². The first-order chi connectivity index (χ1) is 35.7. The Morgan fingerprint density at radius 3 is 1.35 bits per heavy atom. The van der Waals surface area contributed by atoms with Crippen molar-refractivity contribution < 1.29 is 0 Å². The van der Waals surface area contributed by atoms with Gasteiger partial charge in [0.25, 0.3) is 0 Å². The number of hydrogen-bond donors (Lipinski definition) is 0. The highest BCUT2D eigenvalue weighted by molar-refractivity contribution is 6.22. The van der Waals surface area contributed by atoms with Crippen molar-refractivity contribution in [1.29, 1.82) is 0 Å². The Kier molecular flexibility index (Phi) is 9.82. The summed E-state index contributed by atoms with van der Waals surface area (Å²) in [5.41, 5.74) is 18.2. The van der Waals surface area contributed by atoms with Gasteiger partial charge in [0.2, 0.25) is 0 Å². The van der Waals surface area contributed by atoms with E-state index in [2.05, 4.69) is 262 Å². The molecule has 72 heavy (non-hydrogen) atoms. The summed E-state index contributed by atoms with van der Waals surface area (Å²) < 4.78 is 2.38. The third-order valence-corrected chi connectivity index (χ3v) is 14.4. The molecule has 0 N–H and O–H groups in total. The first-order valence-corrected chi connectivity index (χ1v) is 24.5. The average Bonchev–Trinajstić information content (AvgIpc) is 3.78. The summed E-state index contributed by atoms with van der Waals surface area (Å²) in [6.07, 6.45) is 3.70. The molecule has 0 unspecified atom stereocenters. The van der Waals surface area contributed by atoms with Gasteiger partial charge in [-0.15, -0.1) is 0 Å². The molecule has 0 aliphatic heterocycles. The molecule has 4 nitrogen and oxygen atoms in total. The van der Waals surface area contributed by atoms with E-state index < -0.39 is 0 Å². The fourth-order valence-corrected chi connectivity index (χ4v) is 11.1. The van der Waals surface area contributed by atoms with Crippen LogP contribution in [0.1, 0.15) is 0 Å². The van der Waals surface area contributed by atoms with Crippen LogP contribution >= 0.6 is 0 Å². The summed E-state index contributed by atoms with van der Waals surface area (Å²) in [6.45, 7) is 0. The van der Waals surface area contributed by atoms with Gasteiger partial charge in [0, 0.05) is 56.7 Å². The van der Waals surface area contributed by atoms with E-state index in [0.717, 1.165) is 55.7 Å². The molecular formula is C68H44N4. The van der Waals surface area contributed by atoms with Gasteiger partial charge in [-0.1, -0.05) is 158 Å². The Bertz CT molecular complexity index is 4370. The highest BCUT2D eigenvalue weighted by Gasteiger charge is 2.22. The fourth-order valence-electron chi connectivity index (χ4n) is 11.1. The first kappa shape index (κ1) is 41.3. The monoisotopic (exact) mass is 916 g/mol. The lowest BCUT2D eigenvalue weighted by Crippen LogP contribution is -2.10. The maximum absolute atomic E-state index is 4.57. The molecule has 0 amide bonds. The second-order valence-electron chi connectivity index (χ2n) is 18.6. The van der Waals surface area contributed by atoms with Gasteiger partial charge in [0.15, 0.2) is 0 Å². The summed E-state index contributed by atoms with van der Waals surface area (Å²) in [5.74, 6) is 0. The second-order valence-corrected chi connectivity index (χ2v) is 18.6. The number of fused-ring (bicyclic) bond motifs is 7. The molecule has 336 valence electrons. The minimum absolute atomic E-state index is 0.996. The Morgan fingerprint density at radius 2 is 0.736 bits per heavy atom. The summed E-state index contributed by atoms with van der Waals surface area (Å²) in [7, 11) is 0. The van der Waals surface area contributed by atoms with Crippen molar-refractivity contribution in [3.8, 4) is 50.2 Å². The molecule has 0 saturated heterocycles. The van der Waals surface area contributed by atoms with Gasteiger partial charge in [0.05, 0.1) is 22.1 Å².